The molecule has 0 aliphatic carbocycles. The van der Waals surface area contributed by atoms with Crippen LogP contribution in [0.25, 0.3) is 5.76 Å². The Morgan fingerprint density at radius 1 is 0.919 bits per heavy atom. The first kappa shape index (κ1) is 25.6. The summed E-state index contributed by atoms with van der Waals surface area (Å²) >= 11 is 0. The number of Topliss-reactive ketones (excluding diaryl/α,β-unsaturated/α-hetero) is 1. The standard InChI is InChI=1S/C28H26FNO7/c1-5-37-19-8-6-7-18(15-19)30-25(16-9-11-22(35-3)23(13-16)36-4)24(27(32)28(30)33)26(31)20-14-17(29)10-12-21(20)34-2/h6-15,25,31H,5H2,1-4H3/b26-24+. The number of rotatable bonds is 8. The predicted octanol–water partition coefficient (Wildman–Crippen LogP) is 4.88. The number of aliphatic hydroxyl groups is 1. The van der Waals surface area contributed by atoms with Crippen LogP contribution in [-0.2, 0) is 9.59 Å². The number of hydrogen-bond acceptors (Lipinski definition) is 7. The normalized spacial score (nSPS) is 16.6. The Balaban J connectivity index is 2.00. The van der Waals surface area contributed by atoms with Crippen molar-refractivity contribution in [3.63, 3.8) is 0 Å². The summed E-state index contributed by atoms with van der Waals surface area (Å²) in [5.41, 5.74) is 0.533. The Morgan fingerprint density at radius 2 is 1.62 bits per heavy atom. The van der Waals surface area contributed by atoms with Crippen LogP contribution in [-0.4, -0.2) is 44.7 Å². The topological polar surface area (TPSA) is 94.5 Å². The fourth-order valence-electron chi connectivity index (χ4n) is 4.34. The molecule has 1 fully saturated rings. The van der Waals surface area contributed by atoms with E-state index in [0.29, 0.717) is 35.1 Å². The molecule has 0 radical (unpaired) electrons. The van der Waals surface area contributed by atoms with Crippen molar-refractivity contribution in [3.8, 4) is 23.0 Å². The number of halogens is 1. The van der Waals surface area contributed by atoms with Gasteiger partial charge in [0.1, 0.15) is 23.1 Å². The molecule has 1 atom stereocenters. The lowest BCUT2D eigenvalue weighted by Crippen LogP contribution is -2.29. The van der Waals surface area contributed by atoms with E-state index in [1.54, 1.807) is 42.5 Å². The summed E-state index contributed by atoms with van der Waals surface area (Å²) in [5.74, 6) is -1.60. The minimum absolute atomic E-state index is 0.0611. The van der Waals surface area contributed by atoms with Crippen LogP contribution in [0.1, 0.15) is 24.1 Å². The fraction of sp³-hybridized carbons (Fsp3) is 0.214. The van der Waals surface area contributed by atoms with E-state index in [1.807, 2.05) is 6.92 Å². The molecule has 0 spiro atoms. The van der Waals surface area contributed by atoms with Crippen LogP contribution in [0.3, 0.4) is 0 Å². The Bertz CT molecular complexity index is 1380. The van der Waals surface area contributed by atoms with E-state index >= 15 is 0 Å². The van der Waals surface area contributed by atoms with Gasteiger partial charge in [-0.25, -0.2) is 4.39 Å². The second kappa shape index (κ2) is 10.6. The third-order valence-electron chi connectivity index (χ3n) is 5.99. The Kier molecular flexibility index (Phi) is 7.33. The van der Waals surface area contributed by atoms with Crippen molar-refractivity contribution in [2.75, 3.05) is 32.8 Å². The maximum absolute atomic E-state index is 14.2. The van der Waals surface area contributed by atoms with Crippen LogP contribution < -0.4 is 23.8 Å². The highest BCUT2D eigenvalue weighted by molar-refractivity contribution is 6.51. The Labute approximate surface area is 213 Å². The van der Waals surface area contributed by atoms with E-state index in [2.05, 4.69) is 0 Å². The first-order valence-electron chi connectivity index (χ1n) is 11.4. The highest BCUT2D eigenvalue weighted by Gasteiger charge is 2.47. The molecular formula is C28H26FNO7. The number of aliphatic hydroxyl groups excluding tert-OH is 1. The van der Waals surface area contributed by atoms with E-state index in [1.165, 1.54) is 38.4 Å². The molecule has 1 N–H and O–H groups in total. The number of ketones is 1. The summed E-state index contributed by atoms with van der Waals surface area (Å²) in [7, 11) is 4.30. The number of carbonyl (C=O) groups is 2. The number of methoxy groups -OCH3 is 3. The molecule has 1 saturated heterocycles. The van der Waals surface area contributed by atoms with Crippen LogP contribution >= 0.6 is 0 Å². The molecule has 37 heavy (non-hydrogen) atoms. The molecule has 192 valence electrons. The molecule has 0 aromatic heterocycles. The van der Waals surface area contributed by atoms with Gasteiger partial charge in [-0.15, -0.1) is 0 Å². The number of nitrogens with zero attached hydrogens (tertiary/aromatic N) is 1. The van der Waals surface area contributed by atoms with Crippen molar-refractivity contribution in [2.45, 2.75) is 13.0 Å². The van der Waals surface area contributed by atoms with Gasteiger partial charge in [0.05, 0.1) is 45.1 Å². The number of amides is 1. The van der Waals surface area contributed by atoms with Crippen LogP contribution in [0.4, 0.5) is 10.1 Å². The second-order valence-corrected chi connectivity index (χ2v) is 8.06. The monoisotopic (exact) mass is 507 g/mol. The molecule has 1 unspecified atom stereocenters. The molecule has 0 saturated carbocycles. The highest BCUT2D eigenvalue weighted by atomic mass is 19.1. The zero-order valence-electron chi connectivity index (χ0n) is 20.8. The molecule has 1 amide bonds. The van der Waals surface area contributed by atoms with Gasteiger partial charge in [0.2, 0.25) is 0 Å². The van der Waals surface area contributed by atoms with E-state index in [0.717, 1.165) is 6.07 Å². The zero-order valence-corrected chi connectivity index (χ0v) is 20.8. The van der Waals surface area contributed by atoms with Crippen LogP contribution in [0.5, 0.6) is 23.0 Å². The maximum atomic E-state index is 14.2. The Morgan fingerprint density at radius 3 is 2.30 bits per heavy atom. The van der Waals surface area contributed by atoms with E-state index in [4.69, 9.17) is 18.9 Å². The largest absolute Gasteiger partial charge is 0.507 e. The van der Waals surface area contributed by atoms with Gasteiger partial charge in [-0.05, 0) is 55.0 Å². The number of ether oxygens (including phenoxy) is 4. The average Bonchev–Trinajstić information content (AvgIpc) is 3.18. The molecular weight excluding hydrogens is 481 g/mol. The van der Waals surface area contributed by atoms with Gasteiger partial charge in [-0.1, -0.05) is 12.1 Å². The zero-order chi connectivity index (χ0) is 26.7. The van der Waals surface area contributed by atoms with Gasteiger partial charge < -0.3 is 24.1 Å². The van der Waals surface area contributed by atoms with Gasteiger partial charge >= 0.3 is 0 Å². The first-order chi connectivity index (χ1) is 17.8. The molecule has 4 rings (SSSR count). The van der Waals surface area contributed by atoms with Crippen molar-refractivity contribution in [1.82, 2.24) is 0 Å². The molecule has 8 nitrogen and oxygen atoms in total. The summed E-state index contributed by atoms with van der Waals surface area (Å²) in [6, 6.07) is 14.1. The van der Waals surface area contributed by atoms with Gasteiger partial charge in [-0.3, -0.25) is 14.5 Å². The number of carbonyl (C=O) groups excluding carboxylic acids is 2. The molecule has 0 bridgehead atoms. The van der Waals surface area contributed by atoms with Crippen molar-refractivity contribution < 1.29 is 38.0 Å². The maximum Gasteiger partial charge on any atom is 0.300 e. The van der Waals surface area contributed by atoms with E-state index < -0.39 is 29.3 Å². The lowest BCUT2D eigenvalue weighted by atomic mass is 9.94. The molecule has 3 aromatic rings. The van der Waals surface area contributed by atoms with Crippen LogP contribution in [0.15, 0.2) is 66.2 Å². The van der Waals surface area contributed by atoms with Gasteiger partial charge in [0, 0.05) is 11.8 Å². The van der Waals surface area contributed by atoms with Crippen molar-refractivity contribution in [2.24, 2.45) is 0 Å². The minimum Gasteiger partial charge on any atom is -0.507 e. The lowest BCUT2D eigenvalue weighted by Gasteiger charge is -2.26. The lowest BCUT2D eigenvalue weighted by molar-refractivity contribution is -0.132. The van der Waals surface area contributed by atoms with Crippen molar-refractivity contribution in [3.05, 3.63) is 83.2 Å². The highest BCUT2D eigenvalue weighted by Crippen LogP contribution is 2.45. The van der Waals surface area contributed by atoms with E-state index in [-0.39, 0.29) is 16.9 Å². The third kappa shape index (κ3) is 4.67. The molecule has 1 aliphatic heterocycles. The quantitative estimate of drug-likeness (QED) is 0.264. The minimum atomic E-state index is -1.08. The third-order valence-corrected chi connectivity index (χ3v) is 5.99. The Hall–Kier alpha value is -4.53. The molecule has 1 aliphatic rings. The summed E-state index contributed by atoms with van der Waals surface area (Å²) in [4.78, 5) is 28.1. The fourth-order valence-corrected chi connectivity index (χ4v) is 4.34. The molecule has 3 aromatic carbocycles. The summed E-state index contributed by atoms with van der Waals surface area (Å²) in [6.45, 7) is 2.23. The predicted molar refractivity (Wildman–Crippen MR) is 135 cm³/mol. The number of anilines is 1. The summed E-state index contributed by atoms with van der Waals surface area (Å²) in [6.07, 6.45) is 0. The van der Waals surface area contributed by atoms with Gasteiger partial charge in [-0.2, -0.15) is 0 Å². The van der Waals surface area contributed by atoms with Crippen LogP contribution in [0, 0.1) is 5.82 Å². The molecule has 9 heteroatoms. The summed E-state index contributed by atoms with van der Waals surface area (Å²) in [5, 5.41) is 11.4. The van der Waals surface area contributed by atoms with Crippen LogP contribution in [0.2, 0.25) is 0 Å². The molecule has 1 heterocycles. The number of benzene rings is 3. The SMILES string of the molecule is CCOc1cccc(N2C(=O)C(=O)/C(=C(/O)c3cc(F)ccc3OC)C2c2ccc(OC)c(OC)c2)c1. The summed E-state index contributed by atoms with van der Waals surface area (Å²) < 4.78 is 35.8. The van der Waals surface area contributed by atoms with Gasteiger partial charge in [0.15, 0.2) is 11.5 Å². The number of hydrogen-bond donors (Lipinski definition) is 1. The van der Waals surface area contributed by atoms with Crippen molar-refractivity contribution >= 4 is 23.1 Å². The van der Waals surface area contributed by atoms with Crippen molar-refractivity contribution in [1.29, 1.82) is 0 Å². The second-order valence-electron chi connectivity index (χ2n) is 8.06. The smallest absolute Gasteiger partial charge is 0.300 e. The first-order valence-corrected chi connectivity index (χ1v) is 11.4. The van der Waals surface area contributed by atoms with Gasteiger partial charge in [0.25, 0.3) is 11.7 Å². The van der Waals surface area contributed by atoms with E-state index in [9.17, 15) is 19.1 Å². The average molecular weight is 508 g/mol.